The van der Waals surface area contributed by atoms with Crippen LogP contribution in [0.5, 0.6) is 0 Å². The van der Waals surface area contributed by atoms with Crippen molar-refractivity contribution in [3.05, 3.63) is 40.4 Å². The third kappa shape index (κ3) is 4.56. The molecule has 1 saturated heterocycles. The second-order valence-corrected chi connectivity index (χ2v) is 9.01. The summed E-state index contributed by atoms with van der Waals surface area (Å²) in [4.78, 5) is 29.3. The number of carbonyl (C=O) groups is 1. The summed E-state index contributed by atoms with van der Waals surface area (Å²) >= 11 is 1.28. The van der Waals surface area contributed by atoms with Crippen LogP contribution in [0, 0.1) is 6.92 Å². The van der Waals surface area contributed by atoms with Crippen LogP contribution >= 0.6 is 11.3 Å². The zero-order chi connectivity index (χ0) is 21.9. The van der Waals surface area contributed by atoms with Crippen molar-refractivity contribution in [3.8, 4) is 0 Å². The second-order valence-electron chi connectivity index (χ2n) is 8.03. The molecule has 0 unspecified atom stereocenters. The van der Waals surface area contributed by atoms with Crippen molar-refractivity contribution in [2.75, 3.05) is 36.6 Å². The number of benzene rings is 1. The Kier molecular flexibility index (Phi) is 5.95. The predicted octanol–water partition coefficient (Wildman–Crippen LogP) is 2.96. The largest absolute Gasteiger partial charge is 0.378 e. The number of thiazole rings is 1. The van der Waals surface area contributed by atoms with Crippen molar-refractivity contribution in [1.29, 1.82) is 0 Å². The Hall–Kier alpha value is -3.11. The Morgan fingerprint density at radius 1 is 1.25 bits per heavy atom. The lowest BCUT2D eigenvalue weighted by atomic mass is 9.93. The Balaban J connectivity index is 1.43. The van der Waals surface area contributed by atoms with Gasteiger partial charge in [0.05, 0.1) is 19.4 Å². The van der Waals surface area contributed by atoms with E-state index in [0.29, 0.717) is 53.4 Å². The van der Waals surface area contributed by atoms with Crippen molar-refractivity contribution in [2.24, 2.45) is 5.10 Å². The molecule has 2 aliphatic rings. The highest BCUT2D eigenvalue weighted by Crippen LogP contribution is 2.30. The second kappa shape index (κ2) is 9.17. The molecule has 10 heteroatoms. The molecule has 1 aliphatic heterocycles. The predicted molar refractivity (Wildman–Crippen MR) is 126 cm³/mol. The summed E-state index contributed by atoms with van der Waals surface area (Å²) in [7, 11) is 0. The maximum atomic E-state index is 12.7. The lowest BCUT2D eigenvalue weighted by Gasteiger charge is -2.27. The number of aromatic nitrogens is 3. The van der Waals surface area contributed by atoms with E-state index in [9.17, 15) is 4.79 Å². The van der Waals surface area contributed by atoms with Crippen LogP contribution in [-0.2, 0) is 4.74 Å². The van der Waals surface area contributed by atoms with Gasteiger partial charge in [0.1, 0.15) is 5.52 Å². The molecule has 166 valence electrons. The minimum Gasteiger partial charge on any atom is -0.378 e. The number of nitrogens with zero attached hydrogens (tertiary/aromatic N) is 5. The maximum absolute atomic E-state index is 12.7. The summed E-state index contributed by atoms with van der Waals surface area (Å²) in [6.07, 6.45) is 4.96. The summed E-state index contributed by atoms with van der Waals surface area (Å²) in [5.74, 6) is 0.931. The summed E-state index contributed by atoms with van der Waals surface area (Å²) in [6, 6.07) is 8.32. The van der Waals surface area contributed by atoms with E-state index in [1.807, 2.05) is 31.2 Å². The summed E-state index contributed by atoms with van der Waals surface area (Å²) in [5, 5.41) is 7.77. The molecule has 3 heterocycles. The number of rotatable bonds is 6. The summed E-state index contributed by atoms with van der Waals surface area (Å²) < 4.78 is 5.49. The highest BCUT2D eigenvalue weighted by Gasteiger charge is 2.25. The first-order valence-electron chi connectivity index (χ1n) is 10.8. The number of anilines is 2. The number of ether oxygens (including phenoxy) is 1. The lowest BCUT2D eigenvalue weighted by molar-refractivity contribution is 0.0916. The zero-order valence-corrected chi connectivity index (χ0v) is 18.7. The van der Waals surface area contributed by atoms with Gasteiger partial charge in [-0.25, -0.2) is 10.4 Å². The Morgan fingerprint density at radius 2 is 2.09 bits per heavy atom. The van der Waals surface area contributed by atoms with Gasteiger partial charge >= 0.3 is 0 Å². The van der Waals surface area contributed by atoms with Crippen LogP contribution in [0.3, 0.4) is 0 Å². The first-order valence-corrected chi connectivity index (χ1v) is 11.7. The number of nitrogens with one attached hydrogen (secondary N) is 2. The molecular formula is C22H25N7O2S. The molecule has 0 spiro atoms. The van der Waals surface area contributed by atoms with Gasteiger partial charge in [0, 0.05) is 19.1 Å². The number of hydrogen-bond donors (Lipinski definition) is 2. The molecular weight excluding hydrogens is 426 g/mol. The van der Waals surface area contributed by atoms with Gasteiger partial charge in [-0.2, -0.15) is 15.1 Å². The molecule has 1 aliphatic carbocycles. The molecule has 9 nitrogen and oxygen atoms in total. The number of hydrazone groups is 1. The first kappa shape index (κ1) is 20.8. The average Bonchev–Trinajstić information content (AvgIpc) is 3.21. The highest BCUT2D eigenvalue weighted by molar-refractivity contribution is 7.20. The van der Waals surface area contributed by atoms with Crippen molar-refractivity contribution < 1.29 is 9.53 Å². The zero-order valence-electron chi connectivity index (χ0n) is 17.9. The molecule has 0 radical (unpaired) electrons. The van der Waals surface area contributed by atoms with E-state index in [1.165, 1.54) is 16.9 Å². The van der Waals surface area contributed by atoms with E-state index >= 15 is 0 Å². The molecule has 3 aromatic rings. The number of carbonyl (C=O) groups excluding carboxylic acids is 1. The molecule has 1 saturated carbocycles. The fraction of sp³-hybridized carbons (Fsp3) is 0.409. The van der Waals surface area contributed by atoms with Gasteiger partial charge in [-0.05, 0) is 31.7 Å². The van der Waals surface area contributed by atoms with Crippen LogP contribution in [0.1, 0.15) is 40.2 Å². The van der Waals surface area contributed by atoms with E-state index in [1.54, 1.807) is 6.21 Å². The number of fused-ring (bicyclic) bond motifs is 1. The Bertz CT molecular complexity index is 1150. The van der Waals surface area contributed by atoms with Gasteiger partial charge in [-0.3, -0.25) is 4.79 Å². The van der Waals surface area contributed by atoms with E-state index in [2.05, 4.69) is 35.7 Å². The van der Waals surface area contributed by atoms with Crippen LogP contribution in [0.2, 0.25) is 0 Å². The third-order valence-electron chi connectivity index (χ3n) is 5.61. The average molecular weight is 452 g/mol. The summed E-state index contributed by atoms with van der Waals surface area (Å²) in [6.45, 7) is 4.70. The van der Waals surface area contributed by atoms with E-state index in [4.69, 9.17) is 4.74 Å². The Labute approximate surface area is 189 Å². The number of hydrogen-bond acceptors (Lipinski definition) is 9. The smallest absolute Gasteiger partial charge is 0.280 e. The van der Waals surface area contributed by atoms with Crippen LogP contribution in [0.4, 0.5) is 11.8 Å². The van der Waals surface area contributed by atoms with E-state index in [-0.39, 0.29) is 11.9 Å². The van der Waals surface area contributed by atoms with Crippen LogP contribution in [0.15, 0.2) is 29.4 Å². The summed E-state index contributed by atoms with van der Waals surface area (Å²) in [5.41, 5.74) is 5.73. The fourth-order valence-corrected chi connectivity index (χ4v) is 4.50. The minimum absolute atomic E-state index is 0.141. The third-order valence-corrected chi connectivity index (χ3v) is 6.55. The van der Waals surface area contributed by atoms with E-state index < -0.39 is 0 Å². The van der Waals surface area contributed by atoms with Crippen LogP contribution in [-0.4, -0.2) is 59.4 Å². The van der Waals surface area contributed by atoms with Gasteiger partial charge < -0.3 is 15.0 Å². The van der Waals surface area contributed by atoms with Crippen molar-refractivity contribution in [2.45, 2.75) is 32.2 Å². The number of aryl methyl sites for hydroxylation is 1. The van der Waals surface area contributed by atoms with Crippen LogP contribution in [0.25, 0.3) is 10.3 Å². The molecule has 32 heavy (non-hydrogen) atoms. The molecule has 0 bridgehead atoms. The molecule has 5 rings (SSSR count). The van der Waals surface area contributed by atoms with Gasteiger partial charge in [0.15, 0.2) is 15.7 Å². The van der Waals surface area contributed by atoms with Crippen molar-refractivity contribution in [3.63, 3.8) is 0 Å². The molecule has 2 aromatic heterocycles. The normalized spacial score (nSPS) is 17.0. The van der Waals surface area contributed by atoms with Crippen LogP contribution < -0.4 is 15.6 Å². The number of morpholine rings is 1. The maximum Gasteiger partial charge on any atom is 0.280 e. The molecule has 0 atom stereocenters. The quantitative estimate of drug-likeness (QED) is 0.438. The van der Waals surface area contributed by atoms with Gasteiger partial charge in [-0.1, -0.05) is 41.2 Å². The standard InChI is InChI=1S/C22H25N7O2S/c1-14-4-2-5-15(12-14)13-23-28-22-26-18(29-8-10-31-11-9-29)17-20(27-22)32-21(25-17)19(30)24-16-6-3-7-16/h2,4-5,12-13,16H,3,6-11H2,1H3,(H,24,30)(H,26,27,28)/b23-13+. The SMILES string of the molecule is Cc1cccc(/C=N/Nc2nc(N3CCOCC3)c3nc(C(=O)NC4CCC4)sc3n2)c1. The van der Waals surface area contributed by atoms with Gasteiger partial charge in [0.25, 0.3) is 5.91 Å². The molecule has 1 amide bonds. The lowest BCUT2D eigenvalue weighted by Crippen LogP contribution is -2.39. The monoisotopic (exact) mass is 451 g/mol. The Morgan fingerprint density at radius 3 is 2.84 bits per heavy atom. The number of amides is 1. The first-order chi connectivity index (χ1) is 15.7. The molecule has 2 N–H and O–H groups in total. The topological polar surface area (TPSA) is 105 Å². The van der Waals surface area contributed by atoms with E-state index in [0.717, 1.165) is 24.8 Å². The fourth-order valence-electron chi connectivity index (χ4n) is 3.67. The molecule has 1 aromatic carbocycles. The highest BCUT2D eigenvalue weighted by atomic mass is 32.1. The van der Waals surface area contributed by atoms with Gasteiger partial charge in [0.2, 0.25) is 5.95 Å². The van der Waals surface area contributed by atoms with Crippen molar-refractivity contribution >= 4 is 45.6 Å². The van der Waals surface area contributed by atoms with Gasteiger partial charge in [-0.15, -0.1) is 0 Å². The minimum atomic E-state index is -0.141. The van der Waals surface area contributed by atoms with Crippen molar-refractivity contribution in [1.82, 2.24) is 20.3 Å². The molecule has 2 fully saturated rings.